The molecule has 110 valence electrons. The zero-order valence-electron chi connectivity index (χ0n) is 11.9. The summed E-state index contributed by atoms with van der Waals surface area (Å²) in [6.45, 7) is 7.89. The molecule has 2 aliphatic rings. The lowest BCUT2D eigenvalue weighted by Crippen LogP contribution is -2.50. The highest BCUT2D eigenvalue weighted by Crippen LogP contribution is 2.35. The van der Waals surface area contributed by atoms with E-state index in [1.807, 2.05) is 12.3 Å². The van der Waals surface area contributed by atoms with Crippen LogP contribution in [0.1, 0.15) is 18.4 Å². The summed E-state index contributed by atoms with van der Waals surface area (Å²) < 4.78 is 16.8. The van der Waals surface area contributed by atoms with Crippen molar-refractivity contribution in [3.05, 3.63) is 36.8 Å². The maximum Gasteiger partial charge on any atom is 0.0947 e. The Balaban J connectivity index is 1.58. The van der Waals surface area contributed by atoms with Crippen molar-refractivity contribution in [2.75, 3.05) is 26.4 Å². The van der Waals surface area contributed by atoms with Crippen molar-refractivity contribution in [3.8, 4) is 0 Å². The van der Waals surface area contributed by atoms with Gasteiger partial charge < -0.3 is 13.9 Å². The van der Waals surface area contributed by atoms with Gasteiger partial charge in [0.1, 0.15) is 0 Å². The van der Waals surface area contributed by atoms with Crippen LogP contribution < -0.4 is 0 Å². The van der Waals surface area contributed by atoms with Gasteiger partial charge in [-0.3, -0.25) is 4.90 Å². The highest BCUT2D eigenvalue weighted by molar-refractivity contribution is 5.07. The van der Waals surface area contributed by atoms with Gasteiger partial charge in [-0.25, -0.2) is 0 Å². The molecule has 1 saturated heterocycles. The molecule has 0 aromatic carbocycles. The van der Waals surface area contributed by atoms with Gasteiger partial charge in [-0.2, -0.15) is 0 Å². The molecule has 3 unspecified atom stereocenters. The van der Waals surface area contributed by atoms with Crippen LogP contribution >= 0.6 is 0 Å². The maximum atomic E-state index is 6.02. The molecule has 0 bridgehead atoms. The summed E-state index contributed by atoms with van der Waals surface area (Å²) in [7, 11) is 0. The fraction of sp³-hybridized carbons (Fsp3) is 0.625. The van der Waals surface area contributed by atoms with Gasteiger partial charge >= 0.3 is 0 Å². The van der Waals surface area contributed by atoms with E-state index in [0.717, 1.165) is 26.3 Å². The van der Waals surface area contributed by atoms with Crippen LogP contribution in [0, 0.1) is 5.92 Å². The molecule has 2 heterocycles. The SMILES string of the molecule is C=CCOCC1CCC2C1OCCN2Cc1ccoc1. The van der Waals surface area contributed by atoms with Crippen LogP contribution in [0.2, 0.25) is 0 Å². The summed E-state index contributed by atoms with van der Waals surface area (Å²) in [5.41, 5.74) is 1.25. The largest absolute Gasteiger partial charge is 0.472 e. The molecule has 0 N–H and O–H groups in total. The summed E-state index contributed by atoms with van der Waals surface area (Å²) >= 11 is 0. The van der Waals surface area contributed by atoms with Crippen LogP contribution in [-0.2, 0) is 16.0 Å². The average molecular weight is 277 g/mol. The van der Waals surface area contributed by atoms with Crippen LogP contribution in [0.5, 0.6) is 0 Å². The Morgan fingerprint density at radius 3 is 3.20 bits per heavy atom. The molecule has 0 amide bonds. The third kappa shape index (κ3) is 2.97. The molecule has 2 fully saturated rings. The van der Waals surface area contributed by atoms with Crippen LogP contribution in [-0.4, -0.2) is 43.4 Å². The van der Waals surface area contributed by atoms with E-state index < -0.39 is 0 Å². The van der Waals surface area contributed by atoms with Crippen molar-refractivity contribution < 1.29 is 13.9 Å². The van der Waals surface area contributed by atoms with Crippen molar-refractivity contribution in [1.82, 2.24) is 4.90 Å². The second-order valence-corrected chi connectivity index (χ2v) is 5.67. The summed E-state index contributed by atoms with van der Waals surface area (Å²) in [6, 6.07) is 2.57. The zero-order valence-corrected chi connectivity index (χ0v) is 11.9. The Kier molecular flexibility index (Phi) is 4.55. The van der Waals surface area contributed by atoms with Gasteiger partial charge in [-0.05, 0) is 18.9 Å². The molecule has 4 heteroatoms. The van der Waals surface area contributed by atoms with Gasteiger partial charge in [0.05, 0.1) is 38.5 Å². The highest BCUT2D eigenvalue weighted by atomic mass is 16.5. The summed E-state index contributed by atoms with van der Waals surface area (Å²) in [5.74, 6) is 0.520. The molecule has 1 aliphatic carbocycles. The molecular weight excluding hydrogens is 254 g/mol. The van der Waals surface area contributed by atoms with Crippen molar-refractivity contribution in [2.24, 2.45) is 5.92 Å². The third-order valence-corrected chi connectivity index (χ3v) is 4.37. The van der Waals surface area contributed by atoms with E-state index in [2.05, 4.69) is 11.5 Å². The molecule has 1 aliphatic heterocycles. The number of rotatable bonds is 6. The first-order valence-electron chi connectivity index (χ1n) is 7.44. The van der Waals surface area contributed by atoms with Gasteiger partial charge in [0.2, 0.25) is 0 Å². The minimum absolute atomic E-state index is 0.320. The maximum absolute atomic E-state index is 6.02. The molecule has 1 aromatic rings. The number of fused-ring (bicyclic) bond motifs is 1. The van der Waals surface area contributed by atoms with E-state index in [9.17, 15) is 0 Å². The zero-order chi connectivity index (χ0) is 13.8. The molecule has 0 radical (unpaired) electrons. The first-order valence-corrected chi connectivity index (χ1v) is 7.44. The van der Waals surface area contributed by atoms with Crippen LogP contribution in [0.15, 0.2) is 35.7 Å². The molecule has 3 rings (SSSR count). The van der Waals surface area contributed by atoms with Crippen molar-refractivity contribution in [2.45, 2.75) is 31.5 Å². The lowest BCUT2D eigenvalue weighted by molar-refractivity contribution is -0.0869. The standard InChI is InChI=1S/C16H23NO3/c1-2-7-18-12-14-3-4-15-16(14)20-9-6-17(15)10-13-5-8-19-11-13/h2,5,8,11,14-16H,1,3-4,6-7,9-10,12H2. The van der Waals surface area contributed by atoms with Gasteiger partial charge in [-0.1, -0.05) is 6.08 Å². The summed E-state index contributed by atoms with van der Waals surface area (Å²) in [5, 5.41) is 0. The Labute approximate surface area is 120 Å². The Morgan fingerprint density at radius 1 is 1.45 bits per heavy atom. The van der Waals surface area contributed by atoms with E-state index in [-0.39, 0.29) is 0 Å². The molecule has 4 nitrogen and oxygen atoms in total. The van der Waals surface area contributed by atoms with E-state index in [1.165, 1.54) is 18.4 Å². The monoisotopic (exact) mass is 277 g/mol. The Hall–Kier alpha value is -1.10. The first kappa shape index (κ1) is 13.9. The predicted molar refractivity (Wildman–Crippen MR) is 76.4 cm³/mol. The van der Waals surface area contributed by atoms with Crippen molar-refractivity contribution >= 4 is 0 Å². The number of furan rings is 1. The summed E-state index contributed by atoms with van der Waals surface area (Å²) in [6.07, 6.45) is 8.09. The lowest BCUT2D eigenvalue weighted by atomic mass is 10.0. The smallest absolute Gasteiger partial charge is 0.0947 e. The number of hydrogen-bond donors (Lipinski definition) is 0. The molecule has 1 saturated carbocycles. The Morgan fingerprint density at radius 2 is 2.40 bits per heavy atom. The number of hydrogen-bond acceptors (Lipinski definition) is 4. The molecular formula is C16H23NO3. The number of morpholine rings is 1. The normalized spacial score (nSPS) is 30.3. The van der Waals surface area contributed by atoms with Gasteiger partial charge in [0.15, 0.2) is 0 Å². The second-order valence-electron chi connectivity index (χ2n) is 5.67. The quantitative estimate of drug-likeness (QED) is 0.591. The minimum atomic E-state index is 0.320. The average Bonchev–Trinajstić information content (AvgIpc) is 3.10. The van der Waals surface area contributed by atoms with Gasteiger partial charge in [0.25, 0.3) is 0 Å². The van der Waals surface area contributed by atoms with E-state index in [0.29, 0.717) is 24.7 Å². The van der Waals surface area contributed by atoms with Gasteiger partial charge in [0, 0.05) is 30.6 Å². The van der Waals surface area contributed by atoms with Crippen molar-refractivity contribution in [3.63, 3.8) is 0 Å². The molecule has 1 aromatic heterocycles. The molecule has 3 atom stereocenters. The molecule has 20 heavy (non-hydrogen) atoms. The van der Waals surface area contributed by atoms with E-state index in [1.54, 1.807) is 12.3 Å². The third-order valence-electron chi connectivity index (χ3n) is 4.37. The first-order chi connectivity index (χ1) is 9.88. The van der Waals surface area contributed by atoms with Crippen molar-refractivity contribution in [1.29, 1.82) is 0 Å². The van der Waals surface area contributed by atoms with Crippen LogP contribution in [0.4, 0.5) is 0 Å². The fourth-order valence-electron chi connectivity index (χ4n) is 3.43. The lowest BCUT2D eigenvalue weighted by Gasteiger charge is -2.39. The summed E-state index contributed by atoms with van der Waals surface area (Å²) in [4.78, 5) is 2.53. The topological polar surface area (TPSA) is 34.8 Å². The van der Waals surface area contributed by atoms with E-state index in [4.69, 9.17) is 13.9 Å². The number of ether oxygens (including phenoxy) is 2. The second kappa shape index (κ2) is 6.57. The van der Waals surface area contributed by atoms with Crippen LogP contribution in [0.25, 0.3) is 0 Å². The molecule has 0 spiro atoms. The highest BCUT2D eigenvalue weighted by Gasteiger charge is 2.42. The predicted octanol–water partition coefficient (Wildman–Crippen LogP) is 2.46. The van der Waals surface area contributed by atoms with E-state index >= 15 is 0 Å². The fourth-order valence-corrected chi connectivity index (χ4v) is 3.43. The van der Waals surface area contributed by atoms with Crippen LogP contribution in [0.3, 0.4) is 0 Å². The van der Waals surface area contributed by atoms with Gasteiger partial charge in [-0.15, -0.1) is 6.58 Å². The number of nitrogens with zero attached hydrogens (tertiary/aromatic N) is 1. The minimum Gasteiger partial charge on any atom is -0.472 e. The Bertz CT molecular complexity index is 417.